The van der Waals surface area contributed by atoms with Crippen LogP contribution in [0.15, 0.2) is 70.0 Å². The number of esters is 1. The number of amides is 2. The van der Waals surface area contributed by atoms with Gasteiger partial charge in [0.2, 0.25) is 0 Å². The Kier molecular flexibility index (Phi) is 8.41. The van der Waals surface area contributed by atoms with Crippen LogP contribution in [0.1, 0.15) is 28.4 Å². The number of nitrogens with zero attached hydrogens (tertiary/aromatic N) is 1. The standard InChI is InChI=1S/C26H18BrCl2NO5S/c1-2-34-21-11-16(10-20(27)23(21)35-25(32)17-6-4-8-19(29)13-17)12-22-24(31)30(26(33)36-22)14-15-5-3-7-18(28)9-15/h3-13H,2,14H2,1H3/b22-12-. The smallest absolute Gasteiger partial charge is 0.343 e. The molecule has 4 rings (SSSR count). The second-order valence-corrected chi connectivity index (χ2v) is 10.3. The lowest BCUT2D eigenvalue weighted by Crippen LogP contribution is -2.27. The Balaban J connectivity index is 1.59. The predicted octanol–water partition coefficient (Wildman–Crippen LogP) is 7.61. The molecule has 1 saturated heterocycles. The maximum atomic E-state index is 13.0. The molecule has 0 aromatic heterocycles. The van der Waals surface area contributed by atoms with Gasteiger partial charge in [0.25, 0.3) is 11.1 Å². The molecule has 0 atom stereocenters. The third-order valence-corrected chi connectivity index (χ3v) is 6.95. The van der Waals surface area contributed by atoms with Crippen molar-refractivity contribution in [2.45, 2.75) is 13.5 Å². The highest BCUT2D eigenvalue weighted by Gasteiger charge is 2.35. The third kappa shape index (κ3) is 6.13. The summed E-state index contributed by atoms with van der Waals surface area (Å²) < 4.78 is 11.7. The summed E-state index contributed by atoms with van der Waals surface area (Å²) in [6, 6.07) is 16.7. The summed E-state index contributed by atoms with van der Waals surface area (Å²) in [4.78, 5) is 39.6. The van der Waals surface area contributed by atoms with Gasteiger partial charge in [0.05, 0.1) is 28.1 Å². The van der Waals surface area contributed by atoms with Crippen molar-refractivity contribution in [3.63, 3.8) is 0 Å². The van der Waals surface area contributed by atoms with Gasteiger partial charge in [-0.25, -0.2) is 4.79 Å². The summed E-state index contributed by atoms with van der Waals surface area (Å²) in [5, 5.41) is 0.565. The molecule has 3 aromatic rings. The molecular weight excluding hydrogens is 589 g/mol. The molecule has 1 aliphatic heterocycles. The van der Waals surface area contributed by atoms with Crippen LogP contribution < -0.4 is 9.47 Å². The Labute approximate surface area is 230 Å². The number of thioether (sulfide) groups is 1. The van der Waals surface area contributed by atoms with E-state index in [0.717, 1.165) is 17.3 Å². The molecule has 10 heteroatoms. The molecule has 0 aliphatic carbocycles. The number of halogens is 3. The van der Waals surface area contributed by atoms with Crippen molar-refractivity contribution in [1.82, 2.24) is 4.90 Å². The lowest BCUT2D eigenvalue weighted by Gasteiger charge is -2.14. The molecule has 1 heterocycles. The fraction of sp³-hybridized carbons (Fsp3) is 0.115. The number of benzene rings is 3. The van der Waals surface area contributed by atoms with Crippen LogP contribution in [0.2, 0.25) is 10.0 Å². The monoisotopic (exact) mass is 605 g/mol. The van der Waals surface area contributed by atoms with Crippen LogP contribution in [0.3, 0.4) is 0 Å². The highest BCUT2D eigenvalue weighted by molar-refractivity contribution is 9.10. The Morgan fingerprint density at radius 3 is 2.47 bits per heavy atom. The van der Waals surface area contributed by atoms with E-state index in [1.807, 2.05) is 0 Å². The van der Waals surface area contributed by atoms with Crippen molar-refractivity contribution in [3.05, 3.63) is 96.8 Å². The first-order valence-corrected chi connectivity index (χ1v) is 13.1. The average molecular weight is 607 g/mol. The van der Waals surface area contributed by atoms with Gasteiger partial charge in [-0.1, -0.05) is 41.4 Å². The number of hydrogen-bond acceptors (Lipinski definition) is 6. The van der Waals surface area contributed by atoms with Crippen molar-refractivity contribution in [3.8, 4) is 11.5 Å². The second-order valence-electron chi connectivity index (χ2n) is 7.56. The fourth-order valence-corrected chi connectivity index (χ4v) is 5.19. The molecule has 0 saturated carbocycles. The Bertz CT molecular complexity index is 1390. The molecular formula is C26H18BrCl2NO5S. The van der Waals surface area contributed by atoms with Gasteiger partial charge in [0, 0.05) is 10.0 Å². The number of imide groups is 1. The normalized spacial score (nSPS) is 14.4. The minimum atomic E-state index is -0.603. The zero-order valence-electron chi connectivity index (χ0n) is 18.8. The Hall–Kier alpha value is -2.78. The first-order chi connectivity index (χ1) is 17.2. The molecule has 2 amide bonds. The van der Waals surface area contributed by atoms with Crippen LogP contribution in [0.4, 0.5) is 4.79 Å². The summed E-state index contributed by atoms with van der Waals surface area (Å²) in [5.41, 5.74) is 1.62. The highest BCUT2D eigenvalue weighted by Crippen LogP contribution is 2.40. The molecule has 1 aliphatic rings. The van der Waals surface area contributed by atoms with Crippen LogP contribution in [0.25, 0.3) is 6.08 Å². The van der Waals surface area contributed by atoms with Gasteiger partial charge in [-0.2, -0.15) is 0 Å². The molecule has 36 heavy (non-hydrogen) atoms. The second kappa shape index (κ2) is 11.5. The number of rotatable bonds is 7. The van der Waals surface area contributed by atoms with Crippen molar-refractivity contribution in [2.75, 3.05) is 6.61 Å². The minimum Gasteiger partial charge on any atom is -0.490 e. The minimum absolute atomic E-state index is 0.120. The van der Waals surface area contributed by atoms with Gasteiger partial charge in [0.1, 0.15) is 0 Å². The first-order valence-electron chi connectivity index (χ1n) is 10.7. The maximum Gasteiger partial charge on any atom is 0.343 e. The zero-order valence-corrected chi connectivity index (χ0v) is 22.7. The molecule has 3 aromatic carbocycles. The van der Waals surface area contributed by atoms with E-state index in [9.17, 15) is 14.4 Å². The van der Waals surface area contributed by atoms with E-state index in [1.54, 1.807) is 67.6 Å². The Morgan fingerprint density at radius 2 is 1.78 bits per heavy atom. The molecule has 0 bridgehead atoms. The van der Waals surface area contributed by atoms with Gasteiger partial charge in [-0.3, -0.25) is 14.5 Å². The quantitative estimate of drug-likeness (QED) is 0.157. The largest absolute Gasteiger partial charge is 0.490 e. The zero-order chi connectivity index (χ0) is 25.8. The molecule has 184 valence electrons. The van der Waals surface area contributed by atoms with E-state index in [1.165, 1.54) is 11.0 Å². The van der Waals surface area contributed by atoms with E-state index in [0.29, 0.717) is 32.4 Å². The van der Waals surface area contributed by atoms with Crippen molar-refractivity contribution >= 4 is 74.1 Å². The SMILES string of the molecule is CCOc1cc(/C=C2\SC(=O)N(Cc3cccc(Cl)c3)C2=O)cc(Br)c1OC(=O)c1cccc(Cl)c1. The first kappa shape index (κ1) is 26.3. The summed E-state index contributed by atoms with van der Waals surface area (Å²) in [7, 11) is 0. The van der Waals surface area contributed by atoms with Crippen LogP contribution in [0, 0.1) is 0 Å². The van der Waals surface area contributed by atoms with Crippen molar-refractivity contribution < 1.29 is 23.9 Å². The number of carbonyl (C=O) groups is 3. The third-order valence-electron chi connectivity index (χ3n) is 4.99. The average Bonchev–Trinajstić information content (AvgIpc) is 3.08. The lowest BCUT2D eigenvalue weighted by molar-refractivity contribution is -0.123. The molecule has 0 N–H and O–H groups in total. The number of carbonyl (C=O) groups excluding carboxylic acids is 3. The van der Waals surface area contributed by atoms with E-state index < -0.39 is 11.9 Å². The van der Waals surface area contributed by atoms with Crippen LogP contribution in [-0.2, 0) is 11.3 Å². The van der Waals surface area contributed by atoms with Gasteiger partial charge >= 0.3 is 5.97 Å². The molecule has 6 nitrogen and oxygen atoms in total. The lowest BCUT2D eigenvalue weighted by atomic mass is 10.1. The van der Waals surface area contributed by atoms with Crippen LogP contribution in [-0.4, -0.2) is 28.6 Å². The molecule has 0 spiro atoms. The van der Waals surface area contributed by atoms with Crippen molar-refractivity contribution in [1.29, 1.82) is 0 Å². The number of ether oxygens (including phenoxy) is 2. The van der Waals surface area contributed by atoms with Crippen LogP contribution in [0.5, 0.6) is 11.5 Å². The topological polar surface area (TPSA) is 72.9 Å². The summed E-state index contributed by atoms with van der Waals surface area (Å²) >= 11 is 16.3. The Morgan fingerprint density at radius 1 is 1.06 bits per heavy atom. The predicted molar refractivity (Wildman–Crippen MR) is 145 cm³/mol. The molecule has 0 unspecified atom stereocenters. The van der Waals surface area contributed by atoms with E-state index >= 15 is 0 Å². The van der Waals surface area contributed by atoms with E-state index in [4.69, 9.17) is 32.7 Å². The summed E-state index contributed by atoms with van der Waals surface area (Å²) in [6.07, 6.45) is 1.60. The molecule has 1 fully saturated rings. The van der Waals surface area contributed by atoms with Gasteiger partial charge < -0.3 is 9.47 Å². The summed E-state index contributed by atoms with van der Waals surface area (Å²) in [5.74, 6) is -0.524. The van der Waals surface area contributed by atoms with Gasteiger partial charge in [0.15, 0.2) is 11.5 Å². The number of hydrogen-bond donors (Lipinski definition) is 0. The summed E-state index contributed by atoms with van der Waals surface area (Å²) in [6.45, 7) is 2.23. The van der Waals surface area contributed by atoms with Crippen molar-refractivity contribution in [2.24, 2.45) is 0 Å². The van der Waals surface area contributed by atoms with E-state index in [-0.39, 0.29) is 28.0 Å². The van der Waals surface area contributed by atoms with Crippen LogP contribution >= 0.6 is 50.9 Å². The van der Waals surface area contributed by atoms with E-state index in [2.05, 4.69) is 15.9 Å². The van der Waals surface area contributed by atoms with Gasteiger partial charge in [-0.05, 0) is 94.3 Å². The molecule has 0 radical (unpaired) electrons. The maximum absolute atomic E-state index is 13.0. The van der Waals surface area contributed by atoms with Gasteiger partial charge in [-0.15, -0.1) is 0 Å². The fourth-order valence-electron chi connectivity index (χ4n) is 3.41. The highest BCUT2D eigenvalue weighted by atomic mass is 79.9.